The fraction of sp³-hybridized carbons (Fsp3) is 0.545. The molecule has 2 fully saturated rings. The zero-order valence-corrected chi connectivity index (χ0v) is 19.1. The van der Waals surface area contributed by atoms with Crippen molar-refractivity contribution >= 4 is 35.0 Å². The number of amides is 4. The van der Waals surface area contributed by atoms with Crippen molar-refractivity contribution < 1.29 is 28.7 Å². The third-order valence-electron chi connectivity index (χ3n) is 5.43. The average molecular weight is 477 g/mol. The summed E-state index contributed by atoms with van der Waals surface area (Å²) in [5, 5.41) is 10.2. The second kappa shape index (κ2) is 13.6. The van der Waals surface area contributed by atoms with E-state index in [0.29, 0.717) is 64.0 Å². The van der Waals surface area contributed by atoms with Crippen LogP contribution >= 0.6 is 0 Å². The van der Waals surface area contributed by atoms with E-state index in [4.69, 9.17) is 9.47 Å². The molecule has 0 spiro atoms. The molecular formula is C22H32N6O6. The number of nitrogens with one attached hydrogen (secondary N) is 4. The van der Waals surface area contributed by atoms with Gasteiger partial charge in [-0.3, -0.25) is 29.0 Å². The van der Waals surface area contributed by atoms with Gasteiger partial charge in [-0.1, -0.05) is 6.07 Å². The van der Waals surface area contributed by atoms with E-state index in [1.807, 2.05) is 0 Å². The van der Waals surface area contributed by atoms with E-state index >= 15 is 0 Å². The molecule has 34 heavy (non-hydrogen) atoms. The van der Waals surface area contributed by atoms with Gasteiger partial charge >= 0.3 is 23.6 Å². The SMILES string of the molecule is O=C(NCCN1CCOCC1)C(=O)Nc1cccc(NC(=O)C(=O)NCCN2CCOCC2)c1. The summed E-state index contributed by atoms with van der Waals surface area (Å²) in [7, 11) is 0. The summed E-state index contributed by atoms with van der Waals surface area (Å²) < 4.78 is 10.5. The summed E-state index contributed by atoms with van der Waals surface area (Å²) in [6, 6.07) is 6.23. The molecular weight excluding hydrogens is 444 g/mol. The highest BCUT2D eigenvalue weighted by atomic mass is 16.5. The molecule has 3 rings (SSSR count). The number of hydrogen-bond acceptors (Lipinski definition) is 8. The van der Waals surface area contributed by atoms with Crippen molar-refractivity contribution in [3.63, 3.8) is 0 Å². The van der Waals surface area contributed by atoms with Crippen LogP contribution in [0.5, 0.6) is 0 Å². The van der Waals surface area contributed by atoms with E-state index in [0.717, 1.165) is 26.2 Å². The molecule has 4 N–H and O–H groups in total. The zero-order chi connectivity index (χ0) is 24.2. The molecule has 12 heteroatoms. The lowest BCUT2D eigenvalue weighted by molar-refractivity contribution is -0.136. The summed E-state index contributed by atoms with van der Waals surface area (Å²) in [4.78, 5) is 52.7. The van der Waals surface area contributed by atoms with Gasteiger partial charge in [-0.25, -0.2) is 0 Å². The van der Waals surface area contributed by atoms with Crippen molar-refractivity contribution in [1.29, 1.82) is 0 Å². The lowest BCUT2D eigenvalue weighted by Gasteiger charge is -2.26. The van der Waals surface area contributed by atoms with Crippen molar-refractivity contribution in [1.82, 2.24) is 20.4 Å². The van der Waals surface area contributed by atoms with Gasteiger partial charge in [0.15, 0.2) is 0 Å². The van der Waals surface area contributed by atoms with Gasteiger partial charge in [0.1, 0.15) is 0 Å². The first-order valence-electron chi connectivity index (χ1n) is 11.4. The van der Waals surface area contributed by atoms with E-state index < -0.39 is 23.6 Å². The number of benzene rings is 1. The molecule has 12 nitrogen and oxygen atoms in total. The molecule has 0 aromatic heterocycles. The number of rotatable bonds is 8. The monoisotopic (exact) mass is 476 g/mol. The Kier molecular flexibility index (Phi) is 10.2. The average Bonchev–Trinajstić information content (AvgIpc) is 2.85. The largest absolute Gasteiger partial charge is 0.379 e. The fourth-order valence-electron chi connectivity index (χ4n) is 3.52. The molecule has 186 valence electrons. The van der Waals surface area contributed by atoms with Crippen LogP contribution in [-0.4, -0.2) is 112 Å². The quantitative estimate of drug-likeness (QED) is 0.331. The Labute approximate surface area is 198 Å². The molecule has 0 aliphatic carbocycles. The summed E-state index contributed by atoms with van der Waals surface area (Å²) in [5.74, 6) is -3.12. The highest BCUT2D eigenvalue weighted by molar-refractivity contribution is 6.40. The van der Waals surface area contributed by atoms with Gasteiger partial charge in [0.2, 0.25) is 0 Å². The van der Waals surface area contributed by atoms with Gasteiger partial charge in [0.25, 0.3) is 0 Å². The number of carbonyl (C=O) groups excluding carboxylic acids is 4. The van der Waals surface area contributed by atoms with E-state index in [1.165, 1.54) is 6.07 Å². The minimum absolute atomic E-state index is 0.318. The van der Waals surface area contributed by atoms with Crippen molar-refractivity contribution in [2.45, 2.75) is 0 Å². The summed E-state index contributed by atoms with van der Waals surface area (Å²) >= 11 is 0. The van der Waals surface area contributed by atoms with Crippen molar-refractivity contribution in [3.8, 4) is 0 Å². The number of nitrogens with zero attached hydrogens (tertiary/aromatic N) is 2. The van der Waals surface area contributed by atoms with E-state index in [9.17, 15) is 19.2 Å². The maximum absolute atomic E-state index is 12.2. The lowest BCUT2D eigenvalue weighted by atomic mass is 10.2. The van der Waals surface area contributed by atoms with Crippen molar-refractivity contribution in [2.24, 2.45) is 0 Å². The molecule has 0 saturated carbocycles. The Balaban J connectivity index is 1.37. The van der Waals surface area contributed by atoms with E-state index in [2.05, 4.69) is 31.1 Å². The number of morpholine rings is 2. The fourth-order valence-corrected chi connectivity index (χ4v) is 3.52. The van der Waals surface area contributed by atoms with Crippen LogP contribution in [0.2, 0.25) is 0 Å². The summed E-state index contributed by atoms with van der Waals surface area (Å²) in [6.07, 6.45) is 0. The van der Waals surface area contributed by atoms with Gasteiger partial charge < -0.3 is 30.7 Å². The Morgan fingerprint density at radius 1 is 0.676 bits per heavy atom. The van der Waals surface area contributed by atoms with E-state index in [1.54, 1.807) is 18.2 Å². The minimum Gasteiger partial charge on any atom is -0.379 e. The molecule has 1 aromatic carbocycles. The number of hydrogen-bond donors (Lipinski definition) is 4. The van der Waals surface area contributed by atoms with Crippen molar-refractivity contribution in [3.05, 3.63) is 24.3 Å². The minimum atomic E-state index is -0.814. The first-order chi connectivity index (χ1) is 16.5. The second-order valence-corrected chi connectivity index (χ2v) is 7.91. The summed E-state index contributed by atoms with van der Waals surface area (Å²) in [6.45, 7) is 7.82. The smallest absolute Gasteiger partial charge is 0.313 e. The van der Waals surface area contributed by atoms with Crippen LogP contribution in [-0.2, 0) is 28.7 Å². The molecule has 0 radical (unpaired) electrons. The maximum atomic E-state index is 12.2. The summed E-state index contributed by atoms with van der Waals surface area (Å²) in [5.41, 5.74) is 0.637. The number of ether oxygens (including phenoxy) is 2. The molecule has 0 bridgehead atoms. The predicted molar refractivity (Wildman–Crippen MR) is 124 cm³/mol. The molecule has 2 saturated heterocycles. The van der Waals surface area contributed by atoms with Gasteiger partial charge in [-0.2, -0.15) is 0 Å². The van der Waals surface area contributed by atoms with Crippen LogP contribution in [0.15, 0.2) is 24.3 Å². The molecule has 4 amide bonds. The van der Waals surface area contributed by atoms with Crippen LogP contribution in [0.3, 0.4) is 0 Å². The normalized spacial score (nSPS) is 16.9. The number of carbonyl (C=O) groups is 4. The Hall–Kier alpha value is -3.06. The molecule has 2 heterocycles. The van der Waals surface area contributed by atoms with Crippen LogP contribution < -0.4 is 21.3 Å². The Bertz CT molecular complexity index is 789. The third-order valence-corrected chi connectivity index (χ3v) is 5.43. The van der Waals surface area contributed by atoms with Crippen LogP contribution in [0.25, 0.3) is 0 Å². The topological polar surface area (TPSA) is 141 Å². The highest BCUT2D eigenvalue weighted by Gasteiger charge is 2.17. The zero-order valence-electron chi connectivity index (χ0n) is 19.1. The maximum Gasteiger partial charge on any atom is 0.313 e. The lowest BCUT2D eigenvalue weighted by Crippen LogP contribution is -2.43. The highest BCUT2D eigenvalue weighted by Crippen LogP contribution is 2.15. The van der Waals surface area contributed by atoms with Crippen LogP contribution in [0, 0.1) is 0 Å². The molecule has 0 unspecified atom stereocenters. The van der Waals surface area contributed by atoms with Crippen LogP contribution in [0.1, 0.15) is 0 Å². The van der Waals surface area contributed by atoms with Crippen LogP contribution in [0.4, 0.5) is 11.4 Å². The molecule has 1 aromatic rings. The Morgan fingerprint density at radius 3 is 1.50 bits per heavy atom. The first kappa shape index (κ1) is 25.6. The predicted octanol–water partition coefficient (Wildman–Crippen LogP) is -1.54. The van der Waals surface area contributed by atoms with Gasteiger partial charge in [0.05, 0.1) is 26.4 Å². The first-order valence-corrected chi connectivity index (χ1v) is 11.4. The molecule has 0 atom stereocenters. The van der Waals surface area contributed by atoms with Crippen molar-refractivity contribution in [2.75, 3.05) is 89.4 Å². The standard InChI is InChI=1S/C22H32N6O6/c29-19(23-4-6-27-8-12-33-13-9-27)21(31)25-17-2-1-3-18(16-17)26-22(32)20(30)24-5-7-28-10-14-34-15-11-28/h1-3,16H,4-15H2,(H,23,29)(H,24,30)(H,25,31)(H,26,32). The van der Waals surface area contributed by atoms with Gasteiger partial charge in [-0.15, -0.1) is 0 Å². The van der Waals surface area contributed by atoms with E-state index in [-0.39, 0.29) is 0 Å². The Morgan fingerprint density at radius 2 is 1.09 bits per heavy atom. The van der Waals surface area contributed by atoms with Gasteiger partial charge in [-0.05, 0) is 18.2 Å². The van der Waals surface area contributed by atoms with Gasteiger partial charge in [0, 0.05) is 63.7 Å². The molecule has 2 aliphatic heterocycles. The molecule has 2 aliphatic rings. The third kappa shape index (κ3) is 8.71. The second-order valence-electron chi connectivity index (χ2n) is 7.91. The number of anilines is 2.